The number of aromatic nitrogens is 1. The average molecular weight is 256 g/mol. The summed E-state index contributed by atoms with van der Waals surface area (Å²) in [5.74, 6) is 0.171. The second-order valence-corrected chi connectivity index (χ2v) is 3.69. The summed E-state index contributed by atoms with van der Waals surface area (Å²) in [7, 11) is 1.73. The van der Waals surface area contributed by atoms with Crippen molar-refractivity contribution in [2.75, 3.05) is 19.0 Å². The molecule has 96 valence electrons. The van der Waals surface area contributed by atoms with Crippen LogP contribution in [0.2, 0.25) is 0 Å². The van der Waals surface area contributed by atoms with Crippen molar-refractivity contribution in [3.63, 3.8) is 0 Å². The van der Waals surface area contributed by atoms with Crippen LogP contribution in [0.5, 0.6) is 5.75 Å². The van der Waals surface area contributed by atoms with E-state index in [1.807, 2.05) is 0 Å². The van der Waals surface area contributed by atoms with Gasteiger partial charge in [-0.25, -0.2) is 0 Å². The number of fused-ring (bicyclic) bond motifs is 1. The molecule has 2 rings (SSSR count). The van der Waals surface area contributed by atoms with Gasteiger partial charge in [-0.2, -0.15) is 13.2 Å². The number of hydrogen-bond donors (Lipinski definition) is 1. The lowest BCUT2D eigenvalue weighted by molar-refractivity contribution is -0.153. The van der Waals surface area contributed by atoms with Crippen molar-refractivity contribution in [3.8, 4) is 5.75 Å². The van der Waals surface area contributed by atoms with Crippen LogP contribution in [0.1, 0.15) is 0 Å². The van der Waals surface area contributed by atoms with Crippen LogP contribution in [0.3, 0.4) is 0 Å². The third-order valence-electron chi connectivity index (χ3n) is 2.38. The molecule has 0 aliphatic carbocycles. The number of nitrogens with one attached hydrogen (secondary N) is 1. The van der Waals surface area contributed by atoms with Gasteiger partial charge >= 0.3 is 6.18 Å². The fourth-order valence-electron chi connectivity index (χ4n) is 1.60. The second-order valence-electron chi connectivity index (χ2n) is 3.69. The molecule has 0 atom stereocenters. The number of ether oxygens (including phenoxy) is 1. The zero-order valence-corrected chi connectivity index (χ0v) is 9.58. The number of hydrogen-bond acceptors (Lipinski definition) is 3. The van der Waals surface area contributed by atoms with Crippen molar-refractivity contribution in [3.05, 3.63) is 30.5 Å². The van der Waals surface area contributed by atoms with Gasteiger partial charge in [0.05, 0.1) is 5.52 Å². The molecule has 18 heavy (non-hydrogen) atoms. The van der Waals surface area contributed by atoms with Gasteiger partial charge in [0.1, 0.15) is 5.75 Å². The molecule has 3 nitrogen and oxygen atoms in total. The number of nitrogens with zero attached hydrogens (tertiary/aromatic N) is 1. The summed E-state index contributed by atoms with van der Waals surface area (Å²) in [6.07, 6.45) is -2.71. The van der Waals surface area contributed by atoms with Crippen LogP contribution in [0, 0.1) is 0 Å². The van der Waals surface area contributed by atoms with Gasteiger partial charge in [-0.15, -0.1) is 0 Å². The van der Waals surface area contributed by atoms with Crippen LogP contribution in [-0.2, 0) is 0 Å². The Hall–Kier alpha value is -1.98. The van der Waals surface area contributed by atoms with Crippen LogP contribution >= 0.6 is 0 Å². The standard InChI is InChI=1S/C12H11F3N2O/c1-16-10-4-5-17-11-3-2-8(6-9(10)11)18-7-12(13,14)15/h2-6H,7H2,1H3,(H,16,17). The topological polar surface area (TPSA) is 34.2 Å². The normalized spacial score (nSPS) is 11.6. The third-order valence-corrected chi connectivity index (χ3v) is 2.38. The maximum Gasteiger partial charge on any atom is 0.422 e. The van der Waals surface area contributed by atoms with Crippen LogP contribution in [-0.4, -0.2) is 24.8 Å². The third kappa shape index (κ3) is 2.82. The summed E-state index contributed by atoms with van der Waals surface area (Å²) in [6.45, 7) is -1.30. The number of benzene rings is 1. The van der Waals surface area contributed by atoms with Gasteiger partial charge in [-0.3, -0.25) is 4.98 Å². The molecule has 0 spiro atoms. The van der Waals surface area contributed by atoms with Crippen LogP contribution in [0.25, 0.3) is 10.9 Å². The Morgan fingerprint density at radius 3 is 2.72 bits per heavy atom. The zero-order valence-electron chi connectivity index (χ0n) is 9.58. The molecule has 0 amide bonds. The minimum absolute atomic E-state index is 0.171. The quantitative estimate of drug-likeness (QED) is 0.915. The summed E-state index contributed by atoms with van der Waals surface area (Å²) >= 11 is 0. The molecule has 0 aliphatic rings. The van der Waals surface area contributed by atoms with E-state index in [0.717, 1.165) is 11.1 Å². The predicted octanol–water partition coefficient (Wildman–Crippen LogP) is 3.22. The fraction of sp³-hybridized carbons (Fsp3) is 0.250. The highest BCUT2D eigenvalue weighted by Gasteiger charge is 2.28. The number of halogens is 3. The van der Waals surface area contributed by atoms with E-state index in [1.165, 1.54) is 6.07 Å². The van der Waals surface area contributed by atoms with E-state index in [1.54, 1.807) is 31.4 Å². The highest BCUT2D eigenvalue weighted by Crippen LogP contribution is 2.26. The molecule has 2 aromatic rings. The van der Waals surface area contributed by atoms with Crippen LogP contribution < -0.4 is 10.1 Å². The molecule has 0 aliphatic heterocycles. The summed E-state index contributed by atoms with van der Waals surface area (Å²) in [4.78, 5) is 4.12. The van der Waals surface area contributed by atoms with Gasteiger partial charge in [0.25, 0.3) is 0 Å². The van der Waals surface area contributed by atoms with E-state index in [4.69, 9.17) is 4.74 Å². The number of pyridine rings is 1. The molecule has 0 saturated heterocycles. The van der Waals surface area contributed by atoms with Crippen molar-refractivity contribution in [2.24, 2.45) is 0 Å². The number of alkyl halides is 3. The Morgan fingerprint density at radius 2 is 2.06 bits per heavy atom. The molecule has 0 radical (unpaired) electrons. The van der Waals surface area contributed by atoms with Crippen molar-refractivity contribution in [2.45, 2.75) is 6.18 Å². The molecule has 0 unspecified atom stereocenters. The predicted molar refractivity (Wildman–Crippen MR) is 62.8 cm³/mol. The van der Waals surface area contributed by atoms with Gasteiger partial charge in [0.15, 0.2) is 6.61 Å². The first-order valence-corrected chi connectivity index (χ1v) is 5.26. The summed E-state index contributed by atoms with van der Waals surface area (Å²) in [5, 5.41) is 3.67. The van der Waals surface area contributed by atoms with E-state index < -0.39 is 12.8 Å². The van der Waals surface area contributed by atoms with Crippen molar-refractivity contribution >= 4 is 16.6 Å². The maximum absolute atomic E-state index is 12.1. The van der Waals surface area contributed by atoms with Crippen LogP contribution in [0.4, 0.5) is 18.9 Å². The Labute approximate surface area is 102 Å². The smallest absolute Gasteiger partial charge is 0.422 e. The summed E-state index contributed by atoms with van der Waals surface area (Å²) in [6, 6.07) is 6.39. The molecule has 1 heterocycles. The number of rotatable bonds is 3. The molecule has 0 saturated carbocycles. The van der Waals surface area contributed by atoms with E-state index in [9.17, 15) is 13.2 Å². The monoisotopic (exact) mass is 256 g/mol. The average Bonchev–Trinajstić information content (AvgIpc) is 2.34. The molecule has 6 heteroatoms. The number of anilines is 1. The maximum atomic E-state index is 12.1. The highest BCUT2D eigenvalue weighted by molar-refractivity contribution is 5.91. The minimum atomic E-state index is -4.34. The van der Waals surface area contributed by atoms with E-state index in [-0.39, 0.29) is 5.75 Å². The van der Waals surface area contributed by atoms with E-state index >= 15 is 0 Å². The fourth-order valence-corrected chi connectivity index (χ4v) is 1.60. The van der Waals surface area contributed by atoms with Gasteiger partial charge in [-0.05, 0) is 24.3 Å². The van der Waals surface area contributed by atoms with Gasteiger partial charge < -0.3 is 10.1 Å². The lowest BCUT2D eigenvalue weighted by Gasteiger charge is -2.11. The van der Waals surface area contributed by atoms with Crippen molar-refractivity contribution < 1.29 is 17.9 Å². The Morgan fingerprint density at radius 1 is 1.28 bits per heavy atom. The first-order valence-electron chi connectivity index (χ1n) is 5.26. The Kier molecular flexibility index (Phi) is 3.27. The Bertz CT molecular complexity index is 555. The zero-order chi connectivity index (χ0) is 13.2. The molecule has 1 aromatic carbocycles. The van der Waals surface area contributed by atoms with E-state index in [2.05, 4.69) is 10.3 Å². The SMILES string of the molecule is CNc1ccnc2ccc(OCC(F)(F)F)cc12. The molecular formula is C12H11F3N2O. The molecule has 0 fully saturated rings. The van der Waals surface area contributed by atoms with Crippen molar-refractivity contribution in [1.29, 1.82) is 0 Å². The Balaban J connectivity index is 2.31. The lowest BCUT2D eigenvalue weighted by atomic mass is 10.2. The largest absolute Gasteiger partial charge is 0.484 e. The molecular weight excluding hydrogens is 245 g/mol. The van der Waals surface area contributed by atoms with Gasteiger partial charge in [0.2, 0.25) is 0 Å². The minimum Gasteiger partial charge on any atom is -0.484 e. The molecule has 1 N–H and O–H groups in total. The second kappa shape index (κ2) is 4.72. The van der Waals surface area contributed by atoms with Crippen molar-refractivity contribution in [1.82, 2.24) is 4.98 Å². The van der Waals surface area contributed by atoms with Gasteiger partial charge in [-0.1, -0.05) is 0 Å². The van der Waals surface area contributed by atoms with E-state index in [0.29, 0.717) is 5.52 Å². The molecule has 0 bridgehead atoms. The highest BCUT2D eigenvalue weighted by atomic mass is 19.4. The van der Waals surface area contributed by atoms with Gasteiger partial charge in [0, 0.05) is 24.3 Å². The summed E-state index contributed by atoms with van der Waals surface area (Å²) in [5.41, 5.74) is 1.48. The molecule has 1 aromatic heterocycles. The first kappa shape index (κ1) is 12.5. The summed E-state index contributed by atoms with van der Waals surface area (Å²) < 4.78 is 40.9. The first-order chi connectivity index (χ1) is 8.49. The lowest BCUT2D eigenvalue weighted by Crippen LogP contribution is -2.19. The van der Waals surface area contributed by atoms with Crippen LogP contribution in [0.15, 0.2) is 30.5 Å².